The zero-order chi connectivity index (χ0) is 9.97. The fraction of sp³-hybridized carbons (Fsp3) is 0.300. The van der Waals surface area contributed by atoms with Crippen LogP contribution in [0.2, 0.25) is 0 Å². The number of carbonyl (C=O) groups is 1. The predicted molar refractivity (Wildman–Crippen MR) is 61.2 cm³/mol. The maximum Gasteiger partial charge on any atom is 0.264 e. The van der Waals surface area contributed by atoms with Crippen LogP contribution in [-0.4, -0.2) is 23.9 Å². The molecule has 0 fully saturated rings. The summed E-state index contributed by atoms with van der Waals surface area (Å²) in [7, 11) is 0. The summed E-state index contributed by atoms with van der Waals surface area (Å²) >= 11 is 5.65. The maximum atomic E-state index is 11.9. The first-order valence-electron chi connectivity index (χ1n) is 4.49. The minimum Gasteiger partial charge on any atom is -0.334 e. The van der Waals surface area contributed by atoms with E-state index >= 15 is 0 Å². The molecule has 2 rings (SSSR count). The minimum atomic E-state index is 0.125. The van der Waals surface area contributed by atoms with E-state index in [9.17, 15) is 4.79 Å². The molecule has 14 heavy (non-hydrogen) atoms. The minimum absolute atomic E-state index is 0.125. The van der Waals surface area contributed by atoms with Crippen molar-refractivity contribution in [3.8, 4) is 0 Å². The second kappa shape index (κ2) is 4.19. The second-order valence-electron chi connectivity index (χ2n) is 3.18. The predicted octanol–water partition coefficient (Wildman–Crippen LogP) is 2.44. The molecule has 74 valence electrons. The topological polar surface area (TPSA) is 20.3 Å². The molecule has 1 aliphatic rings. The van der Waals surface area contributed by atoms with Crippen LogP contribution in [-0.2, 0) is 0 Å². The molecule has 0 aromatic carbocycles. The molecule has 1 amide bonds. The van der Waals surface area contributed by atoms with Gasteiger partial charge in [-0.15, -0.1) is 24.0 Å². The molecule has 0 aliphatic carbocycles. The van der Waals surface area contributed by atoms with Crippen LogP contribution in [0, 0.1) is 0 Å². The van der Waals surface area contributed by atoms with E-state index in [1.54, 1.807) is 0 Å². The molecule has 0 spiro atoms. The Morgan fingerprint density at radius 3 is 2.93 bits per heavy atom. The van der Waals surface area contributed by atoms with E-state index < -0.39 is 0 Å². The van der Waals surface area contributed by atoms with Crippen molar-refractivity contribution in [3.63, 3.8) is 0 Å². The van der Waals surface area contributed by atoms with Gasteiger partial charge in [-0.05, 0) is 12.5 Å². The first-order chi connectivity index (χ1) is 6.77. The summed E-state index contributed by atoms with van der Waals surface area (Å²) in [5, 5.41) is 1.89. The standard InChI is InChI=1S/C10H11NOS2/c12-10(9-6-8(13)7-14-9)11-4-2-1-3-5-11/h1-2,6-7,13H,3-5H2. The van der Waals surface area contributed by atoms with Gasteiger partial charge in [0.15, 0.2) is 0 Å². The van der Waals surface area contributed by atoms with E-state index in [4.69, 9.17) is 0 Å². The Hall–Kier alpha value is -0.740. The third-order valence-electron chi connectivity index (χ3n) is 2.14. The zero-order valence-corrected chi connectivity index (χ0v) is 9.35. The fourth-order valence-corrected chi connectivity index (χ4v) is 2.54. The van der Waals surface area contributed by atoms with Gasteiger partial charge < -0.3 is 4.90 Å². The number of nitrogens with zero attached hydrogens (tertiary/aromatic N) is 1. The van der Waals surface area contributed by atoms with E-state index in [2.05, 4.69) is 18.7 Å². The molecule has 0 saturated heterocycles. The Morgan fingerprint density at radius 2 is 2.36 bits per heavy atom. The summed E-state index contributed by atoms with van der Waals surface area (Å²) in [6, 6.07) is 1.83. The van der Waals surface area contributed by atoms with Gasteiger partial charge in [0.2, 0.25) is 0 Å². The molecule has 1 aliphatic heterocycles. The molecule has 1 aromatic rings. The summed E-state index contributed by atoms with van der Waals surface area (Å²) in [5.74, 6) is 0.125. The lowest BCUT2D eigenvalue weighted by Crippen LogP contribution is -2.33. The van der Waals surface area contributed by atoms with E-state index in [-0.39, 0.29) is 5.91 Å². The van der Waals surface area contributed by atoms with Gasteiger partial charge in [0.25, 0.3) is 5.91 Å². The normalized spacial score (nSPS) is 15.9. The van der Waals surface area contributed by atoms with Crippen LogP contribution < -0.4 is 0 Å². The summed E-state index contributed by atoms with van der Waals surface area (Å²) in [6.45, 7) is 1.56. The molecule has 1 aromatic heterocycles. The highest BCUT2D eigenvalue weighted by molar-refractivity contribution is 7.80. The van der Waals surface area contributed by atoms with Gasteiger partial charge in [-0.2, -0.15) is 0 Å². The lowest BCUT2D eigenvalue weighted by Gasteiger charge is -2.22. The van der Waals surface area contributed by atoms with E-state index in [1.165, 1.54) is 11.3 Å². The molecule has 0 N–H and O–H groups in total. The van der Waals surface area contributed by atoms with Crippen molar-refractivity contribution in [2.75, 3.05) is 13.1 Å². The Kier molecular flexibility index (Phi) is 2.93. The molecule has 0 bridgehead atoms. The van der Waals surface area contributed by atoms with Crippen LogP contribution in [0.25, 0.3) is 0 Å². The quantitative estimate of drug-likeness (QED) is 0.575. The van der Waals surface area contributed by atoms with Gasteiger partial charge in [-0.1, -0.05) is 12.2 Å². The summed E-state index contributed by atoms with van der Waals surface area (Å²) in [4.78, 5) is 15.4. The highest BCUT2D eigenvalue weighted by Gasteiger charge is 2.16. The monoisotopic (exact) mass is 225 g/mol. The molecule has 0 radical (unpaired) electrons. The SMILES string of the molecule is O=C(c1cc(S)cs1)N1CC=CCC1. The van der Waals surface area contributed by atoms with Gasteiger partial charge in [0.1, 0.15) is 0 Å². The molecular formula is C10H11NOS2. The van der Waals surface area contributed by atoms with Crippen LogP contribution in [0.15, 0.2) is 28.5 Å². The van der Waals surface area contributed by atoms with Crippen molar-refractivity contribution < 1.29 is 4.79 Å². The number of hydrogen-bond acceptors (Lipinski definition) is 3. The third-order valence-corrected chi connectivity index (χ3v) is 3.49. The van der Waals surface area contributed by atoms with Gasteiger partial charge in [-0.25, -0.2) is 0 Å². The van der Waals surface area contributed by atoms with Crippen molar-refractivity contribution in [3.05, 3.63) is 28.5 Å². The Morgan fingerprint density at radius 1 is 1.50 bits per heavy atom. The second-order valence-corrected chi connectivity index (χ2v) is 4.61. The molecule has 0 saturated carbocycles. The van der Waals surface area contributed by atoms with Crippen LogP contribution in [0.3, 0.4) is 0 Å². The number of thiol groups is 1. The number of carbonyl (C=O) groups excluding carboxylic acids is 1. The van der Waals surface area contributed by atoms with E-state index in [0.717, 1.165) is 29.3 Å². The van der Waals surface area contributed by atoms with Crippen molar-refractivity contribution >= 4 is 29.9 Å². The summed E-state index contributed by atoms with van der Waals surface area (Å²) in [5.41, 5.74) is 0. The average Bonchev–Trinajstić information content (AvgIpc) is 2.65. The van der Waals surface area contributed by atoms with E-state index in [0.29, 0.717) is 0 Å². The number of hydrogen-bond donors (Lipinski definition) is 1. The zero-order valence-electron chi connectivity index (χ0n) is 7.64. The Balaban J connectivity index is 2.11. The first kappa shape index (κ1) is 9.80. The van der Waals surface area contributed by atoms with Gasteiger partial charge >= 0.3 is 0 Å². The smallest absolute Gasteiger partial charge is 0.264 e. The molecular weight excluding hydrogens is 214 g/mol. The third kappa shape index (κ3) is 2.01. The van der Waals surface area contributed by atoms with Crippen molar-refractivity contribution in [1.82, 2.24) is 4.90 Å². The van der Waals surface area contributed by atoms with Gasteiger partial charge in [0, 0.05) is 23.4 Å². The average molecular weight is 225 g/mol. The molecule has 2 nitrogen and oxygen atoms in total. The molecule has 0 atom stereocenters. The highest BCUT2D eigenvalue weighted by atomic mass is 32.1. The molecule has 2 heterocycles. The van der Waals surface area contributed by atoms with Crippen LogP contribution in [0.1, 0.15) is 16.1 Å². The lowest BCUT2D eigenvalue weighted by molar-refractivity contribution is 0.0775. The van der Waals surface area contributed by atoms with Gasteiger partial charge in [-0.3, -0.25) is 4.79 Å². The highest BCUT2D eigenvalue weighted by Crippen LogP contribution is 2.20. The fourth-order valence-electron chi connectivity index (χ4n) is 1.42. The summed E-state index contributed by atoms with van der Waals surface area (Å²) in [6.07, 6.45) is 5.11. The number of thiophene rings is 1. The van der Waals surface area contributed by atoms with Crippen LogP contribution >= 0.6 is 24.0 Å². The van der Waals surface area contributed by atoms with Crippen molar-refractivity contribution in [2.45, 2.75) is 11.3 Å². The lowest BCUT2D eigenvalue weighted by atomic mass is 10.2. The molecule has 4 heteroatoms. The van der Waals surface area contributed by atoms with Gasteiger partial charge in [0.05, 0.1) is 4.88 Å². The van der Waals surface area contributed by atoms with Crippen molar-refractivity contribution in [2.24, 2.45) is 0 Å². The molecule has 0 unspecified atom stereocenters. The maximum absolute atomic E-state index is 11.9. The van der Waals surface area contributed by atoms with Crippen molar-refractivity contribution in [1.29, 1.82) is 0 Å². The first-order valence-corrected chi connectivity index (χ1v) is 5.82. The van der Waals surface area contributed by atoms with Crippen LogP contribution in [0.5, 0.6) is 0 Å². The number of rotatable bonds is 1. The Labute approximate surface area is 92.6 Å². The number of amides is 1. The Bertz CT molecular complexity index is 370. The summed E-state index contributed by atoms with van der Waals surface area (Å²) < 4.78 is 0. The largest absolute Gasteiger partial charge is 0.334 e. The van der Waals surface area contributed by atoms with E-state index in [1.807, 2.05) is 22.4 Å². The van der Waals surface area contributed by atoms with Crippen LogP contribution in [0.4, 0.5) is 0 Å².